The van der Waals surface area contributed by atoms with Crippen LogP contribution in [0, 0.1) is 13.8 Å². The third-order valence-electron chi connectivity index (χ3n) is 2.76. The van der Waals surface area contributed by atoms with Crippen LogP contribution in [0.25, 0.3) is 0 Å². The number of hydrogen-bond donors (Lipinski definition) is 2. The number of carbonyl (C=O) groups excluding carboxylic acids is 1. The van der Waals surface area contributed by atoms with Crippen molar-refractivity contribution in [1.82, 2.24) is 20.2 Å². The van der Waals surface area contributed by atoms with Crippen molar-refractivity contribution in [1.29, 1.82) is 0 Å². The summed E-state index contributed by atoms with van der Waals surface area (Å²) >= 11 is 2.40. The third kappa shape index (κ3) is 4.52. The van der Waals surface area contributed by atoms with Crippen LogP contribution in [0.2, 0.25) is 0 Å². The Labute approximate surface area is 141 Å². The summed E-state index contributed by atoms with van der Waals surface area (Å²) in [5.74, 6) is -0.241. The summed E-state index contributed by atoms with van der Waals surface area (Å²) in [6.45, 7) is 7.53. The molecule has 0 aliphatic heterocycles. The van der Waals surface area contributed by atoms with Crippen molar-refractivity contribution in [3.8, 4) is 5.06 Å². The highest BCUT2D eigenvalue weighted by molar-refractivity contribution is 8.00. The van der Waals surface area contributed by atoms with Crippen molar-refractivity contribution in [2.24, 2.45) is 0 Å². The largest absolute Gasteiger partial charge is 0.483 e. The van der Waals surface area contributed by atoms with Crippen molar-refractivity contribution in [2.45, 2.75) is 38.1 Å². The van der Waals surface area contributed by atoms with Gasteiger partial charge in [-0.2, -0.15) is 0 Å². The molecule has 2 aromatic heterocycles. The quantitative estimate of drug-likeness (QED) is 0.760. The standard InChI is InChI=1S/C13H17N5O3S2/c1-5-21-11-7(3)14-12(23-11)16-10(20)8(4)22-13-15-9(19)6(2)17-18-13/h8H,5H2,1-4H3,(H,14,16,20)(H,15,18,19). The first-order chi connectivity index (χ1) is 10.9. The molecular weight excluding hydrogens is 338 g/mol. The molecule has 8 nitrogen and oxygen atoms in total. The predicted octanol–water partition coefficient (Wildman–Crippen LogP) is 1.76. The number of aromatic nitrogens is 4. The van der Waals surface area contributed by atoms with E-state index < -0.39 is 5.25 Å². The minimum Gasteiger partial charge on any atom is -0.483 e. The lowest BCUT2D eigenvalue weighted by molar-refractivity contribution is -0.115. The summed E-state index contributed by atoms with van der Waals surface area (Å²) in [6.07, 6.45) is 0. The molecule has 2 N–H and O–H groups in total. The minimum atomic E-state index is -0.470. The van der Waals surface area contributed by atoms with Crippen LogP contribution in [0.15, 0.2) is 9.95 Å². The molecule has 0 radical (unpaired) electrons. The zero-order chi connectivity index (χ0) is 17.0. The van der Waals surface area contributed by atoms with Gasteiger partial charge in [0, 0.05) is 0 Å². The number of aryl methyl sites for hydroxylation is 2. The Balaban J connectivity index is 2.00. The Morgan fingerprint density at radius 1 is 1.39 bits per heavy atom. The molecule has 0 fully saturated rings. The second kappa shape index (κ2) is 7.55. The fourth-order valence-corrected chi connectivity index (χ4v) is 3.18. The zero-order valence-corrected chi connectivity index (χ0v) is 14.8. The van der Waals surface area contributed by atoms with Crippen molar-refractivity contribution < 1.29 is 9.53 Å². The summed E-state index contributed by atoms with van der Waals surface area (Å²) < 4.78 is 5.42. The number of nitrogens with zero attached hydrogens (tertiary/aromatic N) is 3. The highest BCUT2D eigenvalue weighted by Crippen LogP contribution is 2.30. The van der Waals surface area contributed by atoms with E-state index in [0.717, 1.165) is 17.5 Å². The van der Waals surface area contributed by atoms with Crippen molar-refractivity contribution in [2.75, 3.05) is 11.9 Å². The number of thiazole rings is 1. The molecule has 2 rings (SSSR count). The lowest BCUT2D eigenvalue weighted by atomic mass is 10.4. The number of amides is 1. The van der Waals surface area contributed by atoms with E-state index in [4.69, 9.17) is 4.74 Å². The molecule has 1 unspecified atom stereocenters. The second-order valence-electron chi connectivity index (χ2n) is 4.62. The molecule has 1 amide bonds. The zero-order valence-electron chi connectivity index (χ0n) is 13.2. The van der Waals surface area contributed by atoms with Gasteiger partial charge < -0.3 is 10.1 Å². The Kier molecular flexibility index (Phi) is 5.72. The molecule has 0 spiro atoms. The van der Waals surface area contributed by atoms with Crippen LogP contribution >= 0.6 is 23.1 Å². The molecule has 0 aliphatic rings. The number of nitrogens with one attached hydrogen (secondary N) is 2. The molecular formula is C13H17N5O3S2. The minimum absolute atomic E-state index is 0.241. The van der Waals surface area contributed by atoms with Crippen molar-refractivity contribution in [3.05, 3.63) is 21.7 Å². The molecule has 0 saturated carbocycles. The summed E-state index contributed by atoms with van der Waals surface area (Å²) in [6, 6.07) is 0. The third-order valence-corrected chi connectivity index (χ3v) is 4.72. The van der Waals surface area contributed by atoms with E-state index in [1.54, 1.807) is 13.8 Å². The fourth-order valence-electron chi connectivity index (χ4n) is 1.56. The van der Waals surface area contributed by atoms with E-state index in [0.29, 0.717) is 22.0 Å². The average molecular weight is 355 g/mol. The first-order valence-electron chi connectivity index (χ1n) is 6.92. The lowest BCUT2D eigenvalue weighted by Crippen LogP contribution is -2.23. The Morgan fingerprint density at radius 2 is 2.13 bits per heavy atom. The van der Waals surface area contributed by atoms with Gasteiger partial charge in [0.2, 0.25) is 5.91 Å². The normalized spacial score (nSPS) is 12.0. The maximum atomic E-state index is 12.2. The van der Waals surface area contributed by atoms with Gasteiger partial charge in [0.1, 0.15) is 5.69 Å². The van der Waals surface area contributed by atoms with E-state index >= 15 is 0 Å². The van der Waals surface area contributed by atoms with Crippen LogP contribution in [-0.2, 0) is 4.79 Å². The van der Waals surface area contributed by atoms with Gasteiger partial charge >= 0.3 is 0 Å². The van der Waals surface area contributed by atoms with Gasteiger partial charge in [0.05, 0.1) is 17.6 Å². The molecule has 1 atom stereocenters. The Bertz CT molecular complexity index is 758. The van der Waals surface area contributed by atoms with Crippen LogP contribution in [0.3, 0.4) is 0 Å². The van der Waals surface area contributed by atoms with Crippen molar-refractivity contribution >= 4 is 34.1 Å². The van der Waals surface area contributed by atoms with E-state index in [1.165, 1.54) is 11.3 Å². The molecule has 23 heavy (non-hydrogen) atoms. The van der Waals surface area contributed by atoms with Gasteiger partial charge in [0.25, 0.3) is 5.56 Å². The summed E-state index contributed by atoms with van der Waals surface area (Å²) in [5.41, 5.74) is 0.710. The molecule has 2 aromatic rings. The average Bonchev–Trinajstić information content (AvgIpc) is 2.83. The molecule has 0 aliphatic carbocycles. The van der Waals surface area contributed by atoms with Crippen LogP contribution in [-0.4, -0.2) is 37.9 Å². The van der Waals surface area contributed by atoms with Gasteiger partial charge in [0.15, 0.2) is 15.4 Å². The first kappa shape index (κ1) is 17.4. The SMILES string of the molecule is CCOc1sc(NC(=O)C(C)Sc2nnc(C)c(=O)[nH]2)nc1C. The van der Waals surface area contributed by atoms with Gasteiger partial charge in [-0.25, -0.2) is 4.98 Å². The Hall–Kier alpha value is -1.94. The summed E-state index contributed by atoms with van der Waals surface area (Å²) in [5, 5.41) is 11.3. The van der Waals surface area contributed by atoms with Crippen LogP contribution in [0.5, 0.6) is 5.06 Å². The number of rotatable bonds is 6. The van der Waals surface area contributed by atoms with Crippen LogP contribution in [0.1, 0.15) is 25.2 Å². The molecule has 0 aromatic carbocycles. The smallest absolute Gasteiger partial charge is 0.273 e. The van der Waals surface area contributed by atoms with E-state index in [9.17, 15) is 9.59 Å². The van der Waals surface area contributed by atoms with Crippen LogP contribution < -0.4 is 15.6 Å². The molecule has 124 valence electrons. The first-order valence-corrected chi connectivity index (χ1v) is 8.61. The van der Waals surface area contributed by atoms with Gasteiger partial charge in [-0.15, -0.1) is 10.2 Å². The number of carbonyl (C=O) groups is 1. The topological polar surface area (TPSA) is 110 Å². The van der Waals surface area contributed by atoms with E-state index in [2.05, 4.69) is 25.5 Å². The number of ether oxygens (including phenoxy) is 1. The second-order valence-corrected chi connectivity index (χ2v) is 6.91. The van der Waals surface area contributed by atoms with Gasteiger partial charge in [-0.05, 0) is 27.7 Å². The maximum Gasteiger partial charge on any atom is 0.273 e. The lowest BCUT2D eigenvalue weighted by Gasteiger charge is -2.09. The molecule has 2 heterocycles. The van der Waals surface area contributed by atoms with Gasteiger partial charge in [-0.1, -0.05) is 23.1 Å². The highest BCUT2D eigenvalue weighted by atomic mass is 32.2. The molecule has 10 heteroatoms. The summed E-state index contributed by atoms with van der Waals surface area (Å²) in [4.78, 5) is 30.5. The number of H-pyrrole nitrogens is 1. The number of hydrogen-bond acceptors (Lipinski definition) is 8. The fraction of sp³-hybridized carbons (Fsp3) is 0.462. The highest BCUT2D eigenvalue weighted by Gasteiger charge is 2.19. The van der Waals surface area contributed by atoms with E-state index in [-0.39, 0.29) is 17.2 Å². The monoisotopic (exact) mass is 355 g/mol. The molecule has 0 saturated heterocycles. The number of aromatic amines is 1. The Morgan fingerprint density at radius 3 is 2.78 bits per heavy atom. The number of thioether (sulfide) groups is 1. The number of anilines is 1. The van der Waals surface area contributed by atoms with Gasteiger partial charge in [-0.3, -0.25) is 14.6 Å². The van der Waals surface area contributed by atoms with Crippen molar-refractivity contribution in [3.63, 3.8) is 0 Å². The summed E-state index contributed by atoms with van der Waals surface area (Å²) in [7, 11) is 0. The van der Waals surface area contributed by atoms with Crippen LogP contribution in [0.4, 0.5) is 5.13 Å². The molecule has 0 bridgehead atoms. The predicted molar refractivity (Wildman–Crippen MR) is 89.4 cm³/mol. The van der Waals surface area contributed by atoms with E-state index in [1.807, 2.05) is 13.8 Å². The maximum absolute atomic E-state index is 12.2.